The van der Waals surface area contributed by atoms with Gasteiger partial charge in [0.1, 0.15) is 0 Å². The summed E-state index contributed by atoms with van der Waals surface area (Å²) in [6, 6.07) is 1.50. The van der Waals surface area contributed by atoms with E-state index < -0.39 is 0 Å². The van der Waals surface area contributed by atoms with E-state index in [4.69, 9.17) is 0 Å². The number of nitrogens with zero attached hydrogens (tertiary/aromatic N) is 1. The summed E-state index contributed by atoms with van der Waals surface area (Å²) >= 11 is 0. The van der Waals surface area contributed by atoms with Crippen molar-refractivity contribution in [3.63, 3.8) is 0 Å². The molecule has 0 amide bonds. The van der Waals surface area contributed by atoms with Gasteiger partial charge in [-0.1, -0.05) is 6.42 Å². The van der Waals surface area contributed by atoms with Crippen LogP contribution in [0.5, 0.6) is 0 Å². The lowest BCUT2D eigenvalue weighted by Gasteiger charge is -2.38. The summed E-state index contributed by atoms with van der Waals surface area (Å²) < 4.78 is 0. The molecule has 0 bridgehead atoms. The second kappa shape index (κ2) is 5.25. The lowest BCUT2D eigenvalue weighted by molar-refractivity contribution is 0.0510. The van der Waals surface area contributed by atoms with E-state index in [1.54, 1.807) is 0 Å². The number of β-amino-alcohol motifs (C(OH)–C–C–N with tert-alkyl or cyclic N) is 1. The Hall–Kier alpha value is -0.120. The van der Waals surface area contributed by atoms with Gasteiger partial charge < -0.3 is 10.4 Å². The molecule has 0 spiro atoms. The van der Waals surface area contributed by atoms with Gasteiger partial charge in [-0.2, -0.15) is 0 Å². The Labute approximate surface area is 105 Å². The van der Waals surface area contributed by atoms with E-state index in [1.807, 2.05) is 0 Å². The average Bonchev–Trinajstić information content (AvgIpc) is 3.03. The van der Waals surface area contributed by atoms with Gasteiger partial charge in [-0.05, 0) is 51.0 Å². The molecule has 3 fully saturated rings. The molecule has 1 aliphatic heterocycles. The fourth-order valence-corrected chi connectivity index (χ4v) is 3.71. The van der Waals surface area contributed by atoms with Crippen molar-refractivity contribution in [1.82, 2.24) is 10.2 Å². The molecule has 3 atom stereocenters. The van der Waals surface area contributed by atoms with Gasteiger partial charge in [0.25, 0.3) is 0 Å². The molecule has 0 aromatic rings. The maximum Gasteiger partial charge on any atom is 0.0791 e. The molecule has 0 aromatic heterocycles. The van der Waals surface area contributed by atoms with Crippen molar-refractivity contribution in [3.8, 4) is 0 Å². The van der Waals surface area contributed by atoms with Crippen molar-refractivity contribution in [3.05, 3.63) is 0 Å². The van der Waals surface area contributed by atoms with Crippen LogP contribution in [0.15, 0.2) is 0 Å². The van der Waals surface area contributed by atoms with E-state index in [1.165, 1.54) is 51.5 Å². The first-order chi connectivity index (χ1) is 8.33. The quantitative estimate of drug-likeness (QED) is 0.759. The molecule has 2 aliphatic carbocycles. The van der Waals surface area contributed by atoms with Crippen molar-refractivity contribution >= 4 is 0 Å². The first-order valence-electron chi connectivity index (χ1n) is 7.48. The Morgan fingerprint density at radius 3 is 2.76 bits per heavy atom. The van der Waals surface area contributed by atoms with Gasteiger partial charge >= 0.3 is 0 Å². The first kappa shape index (κ1) is 11.9. The number of hydrogen-bond acceptors (Lipinski definition) is 3. The van der Waals surface area contributed by atoms with Crippen LogP contribution in [0.3, 0.4) is 0 Å². The number of likely N-dealkylation sites (tertiary alicyclic amines) is 1. The summed E-state index contributed by atoms with van der Waals surface area (Å²) in [5.74, 6) is 0.937. The minimum absolute atomic E-state index is 0.171. The molecule has 1 saturated heterocycles. The van der Waals surface area contributed by atoms with Crippen molar-refractivity contribution in [2.24, 2.45) is 5.92 Å². The second-order valence-corrected chi connectivity index (χ2v) is 6.23. The average molecular weight is 238 g/mol. The van der Waals surface area contributed by atoms with E-state index >= 15 is 0 Å². The van der Waals surface area contributed by atoms with Crippen LogP contribution in [0.1, 0.15) is 44.9 Å². The minimum atomic E-state index is -0.171. The molecular formula is C14H26N2O. The van der Waals surface area contributed by atoms with Crippen LogP contribution in [0.2, 0.25) is 0 Å². The van der Waals surface area contributed by atoms with Crippen molar-refractivity contribution in [1.29, 1.82) is 0 Å². The van der Waals surface area contributed by atoms with E-state index in [-0.39, 0.29) is 6.10 Å². The summed E-state index contributed by atoms with van der Waals surface area (Å²) in [6.07, 6.45) is 9.41. The van der Waals surface area contributed by atoms with Gasteiger partial charge in [0.2, 0.25) is 0 Å². The Bertz CT molecular complexity index is 255. The van der Waals surface area contributed by atoms with Crippen molar-refractivity contribution < 1.29 is 5.11 Å². The van der Waals surface area contributed by atoms with E-state index in [9.17, 15) is 5.11 Å². The molecule has 2 N–H and O–H groups in total. The highest BCUT2D eigenvalue weighted by Crippen LogP contribution is 2.36. The molecule has 1 heterocycles. The molecule has 98 valence electrons. The Morgan fingerprint density at radius 1 is 1.12 bits per heavy atom. The SMILES string of the molecule is OC(CNC1CC1)CN1CCCC2CCCC21. The summed E-state index contributed by atoms with van der Waals surface area (Å²) in [6.45, 7) is 2.89. The van der Waals surface area contributed by atoms with Gasteiger partial charge in [0, 0.05) is 25.2 Å². The monoisotopic (exact) mass is 238 g/mol. The summed E-state index contributed by atoms with van der Waals surface area (Å²) in [5.41, 5.74) is 0. The van der Waals surface area contributed by atoms with E-state index in [0.717, 1.165) is 25.0 Å². The van der Waals surface area contributed by atoms with Crippen LogP contribution in [-0.4, -0.2) is 47.8 Å². The van der Waals surface area contributed by atoms with Crippen LogP contribution in [0, 0.1) is 5.92 Å². The smallest absolute Gasteiger partial charge is 0.0791 e. The number of nitrogens with one attached hydrogen (secondary N) is 1. The molecule has 3 unspecified atom stereocenters. The number of aliphatic hydroxyl groups excluding tert-OH is 1. The molecule has 3 nitrogen and oxygen atoms in total. The molecular weight excluding hydrogens is 212 g/mol. The van der Waals surface area contributed by atoms with Crippen LogP contribution >= 0.6 is 0 Å². The molecule has 2 saturated carbocycles. The molecule has 3 heteroatoms. The van der Waals surface area contributed by atoms with Gasteiger partial charge in [-0.15, -0.1) is 0 Å². The number of rotatable bonds is 5. The molecule has 3 rings (SSSR count). The van der Waals surface area contributed by atoms with Crippen LogP contribution in [0.25, 0.3) is 0 Å². The number of piperidine rings is 1. The third-order valence-corrected chi connectivity index (χ3v) is 4.77. The first-order valence-corrected chi connectivity index (χ1v) is 7.48. The fraction of sp³-hybridized carbons (Fsp3) is 1.00. The Balaban J connectivity index is 1.45. The highest BCUT2D eigenvalue weighted by molar-refractivity contribution is 4.90. The molecule has 3 aliphatic rings. The Morgan fingerprint density at radius 2 is 1.94 bits per heavy atom. The van der Waals surface area contributed by atoms with E-state index in [0.29, 0.717) is 6.04 Å². The summed E-state index contributed by atoms with van der Waals surface area (Å²) in [5, 5.41) is 13.5. The number of fused-ring (bicyclic) bond motifs is 1. The fourth-order valence-electron chi connectivity index (χ4n) is 3.71. The van der Waals surface area contributed by atoms with Gasteiger partial charge in [0.15, 0.2) is 0 Å². The lowest BCUT2D eigenvalue weighted by Crippen LogP contribution is -2.48. The number of hydrogen-bond donors (Lipinski definition) is 2. The van der Waals surface area contributed by atoms with Crippen LogP contribution in [0.4, 0.5) is 0 Å². The number of aliphatic hydroxyl groups is 1. The summed E-state index contributed by atoms with van der Waals surface area (Å²) in [7, 11) is 0. The van der Waals surface area contributed by atoms with Gasteiger partial charge in [0.05, 0.1) is 6.10 Å². The van der Waals surface area contributed by atoms with Gasteiger partial charge in [-0.25, -0.2) is 0 Å². The zero-order chi connectivity index (χ0) is 11.7. The molecule has 0 aromatic carbocycles. The van der Waals surface area contributed by atoms with E-state index in [2.05, 4.69) is 10.2 Å². The third kappa shape index (κ3) is 3.01. The largest absolute Gasteiger partial charge is 0.390 e. The van der Waals surface area contributed by atoms with Crippen LogP contribution < -0.4 is 5.32 Å². The minimum Gasteiger partial charge on any atom is -0.390 e. The lowest BCUT2D eigenvalue weighted by atomic mass is 9.92. The van der Waals surface area contributed by atoms with Crippen molar-refractivity contribution in [2.45, 2.75) is 63.1 Å². The standard InChI is InChI=1S/C14H26N2O/c17-13(9-15-12-6-7-12)10-16-8-2-4-11-3-1-5-14(11)16/h11-15,17H,1-10H2. The zero-order valence-electron chi connectivity index (χ0n) is 10.8. The second-order valence-electron chi connectivity index (χ2n) is 6.23. The predicted octanol–water partition coefficient (Wildman–Crippen LogP) is 1.36. The Kier molecular flexibility index (Phi) is 3.69. The predicted molar refractivity (Wildman–Crippen MR) is 69.0 cm³/mol. The normalized spacial score (nSPS) is 35.8. The molecule has 0 radical (unpaired) electrons. The third-order valence-electron chi connectivity index (χ3n) is 4.77. The molecule has 17 heavy (non-hydrogen) atoms. The highest BCUT2D eigenvalue weighted by Gasteiger charge is 2.35. The van der Waals surface area contributed by atoms with Gasteiger partial charge in [-0.3, -0.25) is 4.90 Å². The maximum absolute atomic E-state index is 10.1. The summed E-state index contributed by atoms with van der Waals surface area (Å²) in [4.78, 5) is 2.57. The topological polar surface area (TPSA) is 35.5 Å². The van der Waals surface area contributed by atoms with Crippen LogP contribution in [-0.2, 0) is 0 Å². The highest BCUT2D eigenvalue weighted by atomic mass is 16.3. The van der Waals surface area contributed by atoms with Crippen molar-refractivity contribution in [2.75, 3.05) is 19.6 Å². The zero-order valence-corrected chi connectivity index (χ0v) is 10.8. The maximum atomic E-state index is 10.1.